The number of halogens is 2. The molecule has 1 aromatic heterocycles. The summed E-state index contributed by atoms with van der Waals surface area (Å²) in [6, 6.07) is 4.34. The van der Waals surface area contributed by atoms with Crippen LogP contribution in [-0.2, 0) is 4.74 Å². The molecule has 0 spiro atoms. The molecule has 0 amide bonds. The highest BCUT2D eigenvalue weighted by molar-refractivity contribution is 7.18. The fraction of sp³-hybridized carbons (Fsp3) is 0.250. The lowest BCUT2D eigenvalue weighted by Crippen LogP contribution is -2.06. The fourth-order valence-corrected chi connectivity index (χ4v) is 2.64. The van der Waals surface area contributed by atoms with Crippen molar-refractivity contribution in [3.63, 3.8) is 0 Å². The zero-order chi connectivity index (χ0) is 13.0. The molecular formula is C12H12ClFN2OS. The molecule has 0 radical (unpaired) electrons. The lowest BCUT2D eigenvalue weighted by molar-refractivity contribution is 0.211. The van der Waals surface area contributed by atoms with Crippen molar-refractivity contribution in [1.82, 2.24) is 4.98 Å². The first-order valence-corrected chi connectivity index (χ1v) is 6.54. The van der Waals surface area contributed by atoms with Crippen LogP contribution in [-0.4, -0.2) is 25.2 Å². The quantitative estimate of drug-likeness (QED) is 0.852. The average molecular weight is 287 g/mol. The standard InChI is InChI=1S/C12H12ClFN2OS/c1-17-5-4-15-12-16-7-11(18-12)9-3-2-8(14)6-10(9)13/h2-3,6-7H,4-5H2,1H3,(H,15,16). The van der Waals surface area contributed by atoms with Gasteiger partial charge in [0.05, 0.1) is 16.5 Å². The minimum absolute atomic E-state index is 0.341. The van der Waals surface area contributed by atoms with E-state index in [-0.39, 0.29) is 5.82 Å². The molecule has 1 aromatic carbocycles. The SMILES string of the molecule is COCCNc1ncc(-c2ccc(F)cc2Cl)s1. The molecule has 1 heterocycles. The maximum Gasteiger partial charge on any atom is 0.183 e. The molecule has 6 heteroatoms. The third-order valence-electron chi connectivity index (χ3n) is 2.28. The fourth-order valence-electron chi connectivity index (χ4n) is 1.43. The Balaban J connectivity index is 2.13. The molecule has 0 atom stereocenters. The zero-order valence-electron chi connectivity index (χ0n) is 9.74. The van der Waals surface area contributed by atoms with Crippen LogP contribution in [0.5, 0.6) is 0 Å². The Morgan fingerprint density at radius 1 is 1.50 bits per heavy atom. The highest BCUT2D eigenvalue weighted by Gasteiger charge is 2.08. The van der Waals surface area contributed by atoms with Gasteiger partial charge in [-0.3, -0.25) is 0 Å². The van der Waals surface area contributed by atoms with Crippen molar-refractivity contribution in [3.05, 3.63) is 35.2 Å². The van der Waals surface area contributed by atoms with Crippen molar-refractivity contribution in [2.75, 3.05) is 25.6 Å². The number of rotatable bonds is 5. The summed E-state index contributed by atoms with van der Waals surface area (Å²) in [5, 5.41) is 4.32. The number of nitrogens with zero attached hydrogens (tertiary/aromatic N) is 1. The van der Waals surface area contributed by atoms with Gasteiger partial charge in [-0.15, -0.1) is 0 Å². The summed E-state index contributed by atoms with van der Waals surface area (Å²) in [6.45, 7) is 1.31. The van der Waals surface area contributed by atoms with Crippen LogP contribution < -0.4 is 5.32 Å². The molecule has 0 unspecified atom stereocenters. The number of nitrogens with one attached hydrogen (secondary N) is 1. The topological polar surface area (TPSA) is 34.1 Å². The van der Waals surface area contributed by atoms with Crippen LogP contribution in [0.3, 0.4) is 0 Å². The lowest BCUT2D eigenvalue weighted by Gasteiger charge is -2.01. The summed E-state index contributed by atoms with van der Waals surface area (Å²) in [7, 11) is 1.65. The molecule has 0 saturated carbocycles. The van der Waals surface area contributed by atoms with Gasteiger partial charge in [0.15, 0.2) is 5.13 Å². The highest BCUT2D eigenvalue weighted by Crippen LogP contribution is 2.34. The molecule has 3 nitrogen and oxygen atoms in total. The van der Waals surface area contributed by atoms with E-state index >= 15 is 0 Å². The second kappa shape index (κ2) is 6.13. The molecule has 1 N–H and O–H groups in total. The van der Waals surface area contributed by atoms with Gasteiger partial charge in [-0.25, -0.2) is 9.37 Å². The van der Waals surface area contributed by atoms with Gasteiger partial charge in [-0.05, 0) is 18.2 Å². The maximum absolute atomic E-state index is 13.0. The molecule has 96 valence electrons. The molecule has 2 aromatic rings. The Bertz CT molecular complexity index is 533. The monoisotopic (exact) mass is 286 g/mol. The van der Waals surface area contributed by atoms with Crippen LogP contribution >= 0.6 is 22.9 Å². The summed E-state index contributed by atoms with van der Waals surface area (Å²) in [5.74, 6) is -0.341. The lowest BCUT2D eigenvalue weighted by atomic mass is 10.2. The summed E-state index contributed by atoms with van der Waals surface area (Å²) in [6.07, 6.45) is 1.72. The van der Waals surface area contributed by atoms with Gasteiger partial charge in [-0.1, -0.05) is 22.9 Å². The van der Waals surface area contributed by atoms with E-state index in [1.54, 1.807) is 19.4 Å². The average Bonchev–Trinajstić information content (AvgIpc) is 2.78. The van der Waals surface area contributed by atoms with E-state index in [1.807, 2.05) is 0 Å². The number of aromatic nitrogens is 1. The van der Waals surface area contributed by atoms with Gasteiger partial charge in [-0.2, -0.15) is 0 Å². The summed E-state index contributed by atoms with van der Waals surface area (Å²) in [4.78, 5) is 5.13. The molecular weight excluding hydrogens is 275 g/mol. The van der Waals surface area contributed by atoms with Gasteiger partial charge >= 0.3 is 0 Å². The Morgan fingerprint density at radius 3 is 3.06 bits per heavy atom. The van der Waals surface area contributed by atoms with Crippen molar-refractivity contribution < 1.29 is 9.13 Å². The van der Waals surface area contributed by atoms with E-state index in [0.717, 1.165) is 15.6 Å². The van der Waals surface area contributed by atoms with Gasteiger partial charge in [0.1, 0.15) is 5.82 Å². The van der Waals surface area contributed by atoms with Gasteiger partial charge in [0.25, 0.3) is 0 Å². The largest absolute Gasteiger partial charge is 0.383 e. The van der Waals surface area contributed by atoms with Crippen molar-refractivity contribution in [3.8, 4) is 10.4 Å². The highest BCUT2D eigenvalue weighted by atomic mass is 35.5. The number of hydrogen-bond donors (Lipinski definition) is 1. The van der Waals surface area contributed by atoms with Gasteiger partial charge in [0.2, 0.25) is 0 Å². The number of methoxy groups -OCH3 is 1. The van der Waals surface area contributed by atoms with Crippen molar-refractivity contribution in [1.29, 1.82) is 0 Å². The van der Waals surface area contributed by atoms with E-state index in [1.165, 1.54) is 23.5 Å². The first kappa shape index (κ1) is 13.3. The van der Waals surface area contributed by atoms with Crippen LogP contribution in [0.2, 0.25) is 5.02 Å². The first-order valence-electron chi connectivity index (χ1n) is 5.35. The number of hydrogen-bond acceptors (Lipinski definition) is 4. The molecule has 0 bridgehead atoms. The first-order chi connectivity index (χ1) is 8.70. The third kappa shape index (κ3) is 3.19. The van der Waals surface area contributed by atoms with E-state index < -0.39 is 0 Å². The molecule has 0 fully saturated rings. The summed E-state index contributed by atoms with van der Waals surface area (Å²) in [5.41, 5.74) is 0.787. The second-order valence-corrected chi connectivity index (χ2v) is 5.01. The maximum atomic E-state index is 13.0. The van der Waals surface area contributed by atoms with E-state index in [2.05, 4.69) is 10.3 Å². The Morgan fingerprint density at radius 2 is 2.33 bits per heavy atom. The van der Waals surface area contributed by atoms with Crippen LogP contribution in [0.15, 0.2) is 24.4 Å². The van der Waals surface area contributed by atoms with Gasteiger partial charge < -0.3 is 10.1 Å². The molecule has 0 aliphatic rings. The van der Waals surface area contributed by atoms with Crippen molar-refractivity contribution in [2.45, 2.75) is 0 Å². The molecule has 0 aliphatic heterocycles. The minimum atomic E-state index is -0.341. The summed E-state index contributed by atoms with van der Waals surface area (Å²) < 4.78 is 17.9. The van der Waals surface area contributed by atoms with E-state index in [0.29, 0.717) is 18.2 Å². The summed E-state index contributed by atoms with van der Waals surface area (Å²) >= 11 is 7.47. The van der Waals surface area contributed by atoms with Crippen LogP contribution in [0.4, 0.5) is 9.52 Å². The number of ether oxygens (including phenoxy) is 1. The Hall–Kier alpha value is -1.17. The predicted molar refractivity (Wildman–Crippen MR) is 72.9 cm³/mol. The minimum Gasteiger partial charge on any atom is -0.383 e. The van der Waals surface area contributed by atoms with Crippen LogP contribution in [0.1, 0.15) is 0 Å². The Labute approximate surface area is 114 Å². The van der Waals surface area contributed by atoms with Crippen LogP contribution in [0.25, 0.3) is 10.4 Å². The van der Waals surface area contributed by atoms with Crippen molar-refractivity contribution >= 4 is 28.1 Å². The molecule has 2 rings (SSSR count). The predicted octanol–water partition coefficient (Wildman–Crippen LogP) is 3.66. The van der Waals surface area contributed by atoms with Crippen LogP contribution in [0, 0.1) is 5.82 Å². The molecule has 0 aliphatic carbocycles. The third-order valence-corrected chi connectivity index (χ3v) is 3.59. The second-order valence-electron chi connectivity index (χ2n) is 3.57. The number of anilines is 1. The van der Waals surface area contributed by atoms with Crippen molar-refractivity contribution in [2.24, 2.45) is 0 Å². The zero-order valence-corrected chi connectivity index (χ0v) is 11.3. The van der Waals surface area contributed by atoms with E-state index in [4.69, 9.17) is 16.3 Å². The molecule has 0 saturated heterocycles. The van der Waals surface area contributed by atoms with Gasteiger partial charge in [0, 0.05) is 25.4 Å². The Kier molecular flexibility index (Phi) is 4.52. The number of benzene rings is 1. The van der Waals surface area contributed by atoms with E-state index in [9.17, 15) is 4.39 Å². The molecule has 18 heavy (non-hydrogen) atoms. The smallest absolute Gasteiger partial charge is 0.183 e. The normalized spacial score (nSPS) is 10.6. The number of thiazole rings is 1.